The summed E-state index contributed by atoms with van der Waals surface area (Å²) in [5, 5.41) is 9.36. The molecule has 0 aromatic heterocycles. The van der Waals surface area contributed by atoms with E-state index in [0.717, 1.165) is 5.56 Å². The van der Waals surface area contributed by atoms with Gasteiger partial charge in [0.05, 0.1) is 13.7 Å². The van der Waals surface area contributed by atoms with Crippen molar-refractivity contribution in [1.29, 1.82) is 0 Å². The fourth-order valence-electron chi connectivity index (χ4n) is 1.43. The van der Waals surface area contributed by atoms with Crippen molar-refractivity contribution in [3.63, 3.8) is 0 Å². The topological polar surface area (TPSA) is 32.7 Å². The summed E-state index contributed by atoms with van der Waals surface area (Å²) in [5.41, 5.74) is 0.817. The number of nitrogens with zero attached hydrogens (tertiary/aromatic N) is 1. The summed E-state index contributed by atoms with van der Waals surface area (Å²) in [6, 6.07) is 4.81. The molecule has 3 nitrogen and oxygen atoms in total. The molecule has 90 valence electrons. The van der Waals surface area contributed by atoms with E-state index in [1.807, 2.05) is 0 Å². The van der Waals surface area contributed by atoms with Gasteiger partial charge in [-0.3, -0.25) is 4.90 Å². The van der Waals surface area contributed by atoms with Gasteiger partial charge in [0.2, 0.25) is 0 Å². The number of hydrogen-bond acceptors (Lipinski definition) is 3. The molecule has 0 heterocycles. The van der Waals surface area contributed by atoms with Crippen molar-refractivity contribution in [3.8, 4) is 11.5 Å². The van der Waals surface area contributed by atoms with Crippen LogP contribution in [0.15, 0.2) is 18.2 Å². The van der Waals surface area contributed by atoms with Crippen LogP contribution >= 0.6 is 0 Å². The first-order valence-electron chi connectivity index (χ1n) is 4.85. The van der Waals surface area contributed by atoms with Crippen molar-refractivity contribution in [2.75, 3.05) is 20.7 Å². The summed E-state index contributed by atoms with van der Waals surface area (Å²) >= 11 is 0. The molecule has 1 aromatic carbocycles. The third-order valence-corrected chi connectivity index (χ3v) is 2.15. The molecular formula is C11H15F2NO2. The fourth-order valence-corrected chi connectivity index (χ4v) is 1.43. The number of halogens is 2. The van der Waals surface area contributed by atoms with Gasteiger partial charge < -0.3 is 9.84 Å². The van der Waals surface area contributed by atoms with Crippen LogP contribution in [0.3, 0.4) is 0 Å². The normalized spacial score (nSPS) is 11.1. The highest BCUT2D eigenvalue weighted by Crippen LogP contribution is 2.26. The highest BCUT2D eigenvalue weighted by atomic mass is 19.3. The number of methoxy groups -OCH3 is 1. The van der Waals surface area contributed by atoms with Crippen LogP contribution in [0.1, 0.15) is 5.56 Å². The van der Waals surface area contributed by atoms with E-state index >= 15 is 0 Å². The zero-order chi connectivity index (χ0) is 12.1. The summed E-state index contributed by atoms with van der Waals surface area (Å²) in [7, 11) is 3.06. The van der Waals surface area contributed by atoms with Crippen LogP contribution in [0.2, 0.25) is 0 Å². The first-order valence-corrected chi connectivity index (χ1v) is 4.85. The predicted molar refractivity (Wildman–Crippen MR) is 57.0 cm³/mol. The lowest BCUT2D eigenvalue weighted by Gasteiger charge is -2.16. The minimum Gasteiger partial charge on any atom is -0.504 e. The van der Waals surface area contributed by atoms with Crippen LogP contribution in [0.25, 0.3) is 0 Å². The molecule has 0 saturated carbocycles. The second kappa shape index (κ2) is 5.65. The van der Waals surface area contributed by atoms with E-state index in [1.165, 1.54) is 18.1 Å². The Labute approximate surface area is 93.3 Å². The van der Waals surface area contributed by atoms with Crippen molar-refractivity contribution in [2.24, 2.45) is 0 Å². The Kier molecular flexibility index (Phi) is 4.49. The molecule has 0 bridgehead atoms. The average Bonchev–Trinajstić information content (AvgIpc) is 2.19. The average molecular weight is 231 g/mol. The molecule has 0 aliphatic carbocycles. The molecule has 1 aromatic rings. The van der Waals surface area contributed by atoms with Crippen molar-refractivity contribution in [3.05, 3.63) is 23.8 Å². The van der Waals surface area contributed by atoms with Crippen molar-refractivity contribution < 1.29 is 18.6 Å². The van der Waals surface area contributed by atoms with E-state index < -0.39 is 6.43 Å². The van der Waals surface area contributed by atoms with Crippen LogP contribution in [0.4, 0.5) is 8.78 Å². The minimum absolute atomic E-state index is 0.0442. The second-order valence-corrected chi connectivity index (χ2v) is 3.59. The molecule has 5 heteroatoms. The molecular weight excluding hydrogens is 216 g/mol. The number of aromatic hydroxyl groups is 1. The maximum atomic E-state index is 12.1. The number of rotatable bonds is 5. The van der Waals surface area contributed by atoms with Gasteiger partial charge in [0, 0.05) is 6.54 Å². The maximum absolute atomic E-state index is 12.1. The second-order valence-electron chi connectivity index (χ2n) is 3.59. The van der Waals surface area contributed by atoms with Gasteiger partial charge in [0.25, 0.3) is 6.43 Å². The van der Waals surface area contributed by atoms with Crippen LogP contribution in [0, 0.1) is 0 Å². The lowest BCUT2D eigenvalue weighted by molar-refractivity contribution is 0.0975. The molecule has 1 N–H and O–H groups in total. The molecule has 0 fully saturated rings. The van der Waals surface area contributed by atoms with Crippen molar-refractivity contribution in [2.45, 2.75) is 13.0 Å². The number of ether oxygens (including phenoxy) is 1. The van der Waals surface area contributed by atoms with Crippen LogP contribution in [-0.4, -0.2) is 37.1 Å². The summed E-state index contributed by atoms with van der Waals surface area (Å²) < 4.78 is 29.1. The van der Waals surface area contributed by atoms with E-state index in [4.69, 9.17) is 4.74 Å². The zero-order valence-electron chi connectivity index (χ0n) is 9.28. The van der Waals surface area contributed by atoms with Gasteiger partial charge in [-0.2, -0.15) is 0 Å². The molecule has 0 aliphatic heterocycles. The number of phenolic OH excluding ortho intramolecular Hbond substituents is 1. The summed E-state index contributed by atoms with van der Waals surface area (Å²) in [5.74, 6) is 0.394. The fraction of sp³-hybridized carbons (Fsp3) is 0.455. The quantitative estimate of drug-likeness (QED) is 0.842. The highest BCUT2D eigenvalue weighted by Gasteiger charge is 2.09. The number of alkyl halides is 2. The molecule has 0 unspecified atom stereocenters. The molecule has 0 saturated heterocycles. The number of hydrogen-bond donors (Lipinski definition) is 1. The van der Waals surface area contributed by atoms with Gasteiger partial charge in [-0.25, -0.2) is 8.78 Å². The summed E-state index contributed by atoms with van der Waals surface area (Å²) in [4.78, 5) is 1.51. The van der Waals surface area contributed by atoms with Gasteiger partial charge in [-0.05, 0) is 24.7 Å². The molecule has 1 rings (SSSR count). The molecule has 0 atom stereocenters. The Morgan fingerprint density at radius 3 is 2.69 bits per heavy atom. The largest absolute Gasteiger partial charge is 0.504 e. The minimum atomic E-state index is -2.34. The van der Waals surface area contributed by atoms with Gasteiger partial charge in [0.15, 0.2) is 11.5 Å². The molecule has 0 spiro atoms. The third kappa shape index (κ3) is 3.66. The zero-order valence-corrected chi connectivity index (χ0v) is 9.28. The standard InChI is InChI=1S/C11H15F2NO2/c1-14(7-11(12)13)6-8-3-4-9(15)10(5-8)16-2/h3-5,11,15H,6-7H2,1-2H3. The van der Waals surface area contributed by atoms with Gasteiger partial charge >= 0.3 is 0 Å². The molecule has 0 radical (unpaired) electrons. The highest BCUT2D eigenvalue weighted by molar-refractivity contribution is 5.41. The SMILES string of the molecule is COc1cc(CN(C)CC(F)F)ccc1O. The van der Waals surface area contributed by atoms with Crippen LogP contribution in [-0.2, 0) is 6.54 Å². The summed E-state index contributed by atoms with van der Waals surface area (Å²) in [6.45, 7) is 0.115. The third-order valence-electron chi connectivity index (χ3n) is 2.15. The number of phenols is 1. The first kappa shape index (κ1) is 12.7. The number of benzene rings is 1. The lowest BCUT2D eigenvalue weighted by atomic mass is 10.2. The Bertz CT molecular complexity index is 345. The predicted octanol–water partition coefficient (Wildman–Crippen LogP) is 2.10. The van der Waals surface area contributed by atoms with Gasteiger partial charge in [-0.15, -0.1) is 0 Å². The molecule has 0 amide bonds. The first-order chi connectivity index (χ1) is 7.52. The van der Waals surface area contributed by atoms with E-state index in [9.17, 15) is 13.9 Å². The Morgan fingerprint density at radius 2 is 2.12 bits per heavy atom. The molecule has 0 aliphatic rings. The van der Waals surface area contributed by atoms with Gasteiger partial charge in [-0.1, -0.05) is 6.07 Å². The monoisotopic (exact) mass is 231 g/mol. The van der Waals surface area contributed by atoms with Crippen molar-refractivity contribution >= 4 is 0 Å². The Balaban J connectivity index is 2.67. The van der Waals surface area contributed by atoms with E-state index in [1.54, 1.807) is 19.2 Å². The lowest BCUT2D eigenvalue weighted by Crippen LogP contribution is -2.24. The van der Waals surface area contributed by atoms with E-state index in [0.29, 0.717) is 12.3 Å². The Morgan fingerprint density at radius 1 is 1.44 bits per heavy atom. The van der Waals surface area contributed by atoms with Gasteiger partial charge in [0.1, 0.15) is 0 Å². The summed E-state index contributed by atoms with van der Waals surface area (Å²) in [6.07, 6.45) is -2.34. The smallest absolute Gasteiger partial charge is 0.251 e. The van der Waals surface area contributed by atoms with E-state index in [-0.39, 0.29) is 12.3 Å². The molecule has 16 heavy (non-hydrogen) atoms. The van der Waals surface area contributed by atoms with Crippen LogP contribution < -0.4 is 4.74 Å². The van der Waals surface area contributed by atoms with Crippen LogP contribution in [0.5, 0.6) is 11.5 Å². The van der Waals surface area contributed by atoms with E-state index in [2.05, 4.69) is 0 Å². The van der Waals surface area contributed by atoms with Crippen molar-refractivity contribution in [1.82, 2.24) is 4.90 Å². The maximum Gasteiger partial charge on any atom is 0.251 e. The Hall–Kier alpha value is -1.36.